The lowest BCUT2D eigenvalue weighted by atomic mass is 10.2. The van der Waals surface area contributed by atoms with Crippen LogP contribution in [-0.4, -0.2) is 58.4 Å². The van der Waals surface area contributed by atoms with Gasteiger partial charge in [0.1, 0.15) is 0 Å². The van der Waals surface area contributed by atoms with Crippen LogP contribution < -0.4 is 0 Å². The van der Waals surface area contributed by atoms with Crippen LogP contribution in [-0.2, 0) is 14.3 Å². The van der Waals surface area contributed by atoms with E-state index in [1.807, 2.05) is 0 Å². The van der Waals surface area contributed by atoms with Crippen molar-refractivity contribution >= 4 is 35.5 Å². The molecule has 0 aliphatic rings. The number of carbonyl (C=O) groups is 2. The molecule has 112 valence electrons. The molecule has 2 N–H and O–H groups in total. The number of ether oxygens (including phenoxy) is 1. The van der Waals surface area contributed by atoms with Gasteiger partial charge in [-0.3, -0.25) is 9.59 Å². The summed E-state index contributed by atoms with van der Waals surface area (Å²) in [6.07, 6.45) is 0. The fraction of sp³-hybridized carbons (Fsp3) is 0.833. The standard InChI is InChI=1S/C12H22O5S2/c1-9(11(13)14)7-18-5-3-17-4-6-19-8-10(2)12(15)16/h9-10H,3-8H2,1-2H3,(H,13,14)(H,15,16). The SMILES string of the molecule is CC(CSCCOCCSCC(C)C(=O)O)C(=O)O. The molecule has 0 heterocycles. The van der Waals surface area contributed by atoms with Gasteiger partial charge in [-0.2, -0.15) is 23.5 Å². The molecule has 0 aromatic carbocycles. The summed E-state index contributed by atoms with van der Waals surface area (Å²) in [6, 6.07) is 0. The van der Waals surface area contributed by atoms with E-state index in [0.717, 1.165) is 11.5 Å². The Morgan fingerprint density at radius 3 is 1.63 bits per heavy atom. The minimum atomic E-state index is -0.766. The van der Waals surface area contributed by atoms with Crippen molar-refractivity contribution in [2.24, 2.45) is 11.8 Å². The average molecular weight is 310 g/mol. The van der Waals surface area contributed by atoms with Crippen molar-refractivity contribution in [3.8, 4) is 0 Å². The first-order valence-corrected chi connectivity index (χ1v) is 8.45. The predicted octanol–water partition coefficient (Wildman–Crippen LogP) is 1.91. The molecule has 0 fully saturated rings. The van der Waals surface area contributed by atoms with Crippen molar-refractivity contribution in [1.29, 1.82) is 0 Å². The van der Waals surface area contributed by atoms with E-state index >= 15 is 0 Å². The highest BCUT2D eigenvalue weighted by atomic mass is 32.2. The number of rotatable bonds is 12. The van der Waals surface area contributed by atoms with Crippen LogP contribution in [0.25, 0.3) is 0 Å². The van der Waals surface area contributed by atoms with Gasteiger partial charge in [-0.25, -0.2) is 0 Å². The van der Waals surface area contributed by atoms with Crippen molar-refractivity contribution in [1.82, 2.24) is 0 Å². The van der Waals surface area contributed by atoms with Crippen LogP contribution in [0.5, 0.6) is 0 Å². The van der Waals surface area contributed by atoms with Gasteiger partial charge in [0.2, 0.25) is 0 Å². The van der Waals surface area contributed by atoms with Gasteiger partial charge in [0, 0.05) is 23.0 Å². The van der Waals surface area contributed by atoms with E-state index in [1.165, 1.54) is 0 Å². The van der Waals surface area contributed by atoms with Crippen LogP contribution in [0.4, 0.5) is 0 Å². The Kier molecular flexibility index (Phi) is 11.2. The molecule has 0 radical (unpaired) electrons. The maximum absolute atomic E-state index is 10.6. The molecule has 2 atom stereocenters. The van der Waals surface area contributed by atoms with E-state index in [4.69, 9.17) is 14.9 Å². The summed E-state index contributed by atoms with van der Waals surface area (Å²) in [4.78, 5) is 21.1. The maximum atomic E-state index is 10.6. The molecule has 0 rings (SSSR count). The number of carboxylic acids is 2. The van der Waals surface area contributed by atoms with Crippen molar-refractivity contribution in [3.05, 3.63) is 0 Å². The van der Waals surface area contributed by atoms with E-state index < -0.39 is 11.9 Å². The second-order valence-electron chi connectivity index (χ2n) is 4.24. The van der Waals surface area contributed by atoms with Crippen molar-refractivity contribution < 1.29 is 24.5 Å². The van der Waals surface area contributed by atoms with Crippen LogP contribution in [0, 0.1) is 11.8 Å². The van der Waals surface area contributed by atoms with Gasteiger partial charge in [0.15, 0.2) is 0 Å². The summed E-state index contributed by atoms with van der Waals surface area (Å²) in [5, 5.41) is 17.4. The van der Waals surface area contributed by atoms with Gasteiger partial charge in [-0.15, -0.1) is 0 Å². The molecule has 0 aliphatic carbocycles. The minimum Gasteiger partial charge on any atom is -0.481 e. The zero-order chi connectivity index (χ0) is 14.7. The first-order valence-electron chi connectivity index (χ1n) is 6.14. The monoisotopic (exact) mass is 310 g/mol. The van der Waals surface area contributed by atoms with Gasteiger partial charge in [0.05, 0.1) is 25.0 Å². The van der Waals surface area contributed by atoms with E-state index in [2.05, 4.69) is 0 Å². The molecule has 7 heteroatoms. The van der Waals surface area contributed by atoms with E-state index in [9.17, 15) is 9.59 Å². The number of hydrogen-bond donors (Lipinski definition) is 2. The zero-order valence-electron chi connectivity index (χ0n) is 11.3. The average Bonchev–Trinajstić information content (AvgIpc) is 2.35. The van der Waals surface area contributed by atoms with Gasteiger partial charge in [-0.05, 0) is 0 Å². The van der Waals surface area contributed by atoms with Gasteiger partial charge in [-0.1, -0.05) is 13.8 Å². The number of carboxylic acid groups (broad SMARTS) is 2. The Balaban J connectivity index is 3.24. The lowest BCUT2D eigenvalue weighted by Crippen LogP contribution is -2.13. The molecule has 19 heavy (non-hydrogen) atoms. The van der Waals surface area contributed by atoms with Crippen molar-refractivity contribution in [2.75, 3.05) is 36.2 Å². The second-order valence-corrected chi connectivity index (χ2v) is 6.54. The summed E-state index contributed by atoms with van der Waals surface area (Å²) in [5.74, 6) is 0.597. The Labute approximate surface area is 122 Å². The van der Waals surface area contributed by atoms with Crippen LogP contribution in [0.2, 0.25) is 0 Å². The predicted molar refractivity (Wildman–Crippen MR) is 79.1 cm³/mol. The summed E-state index contributed by atoms with van der Waals surface area (Å²) in [6.45, 7) is 4.59. The fourth-order valence-electron chi connectivity index (χ4n) is 1.00. The lowest BCUT2D eigenvalue weighted by molar-refractivity contribution is -0.141. The summed E-state index contributed by atoms with van der Waals surface area (Å²) in [7, 11) is 0. The molecule has 0 aromatic rings. The lowest BCUT2D eigenvalue weighted by Gasteiger charge is -2.07. The van der Waals surface area contributed by atoms with Crippen molar-refractivity contribution in [2.45, 2.75) is 13.8 Å². The summed E-state index contributed by atoms with van der Waals surface area (Å²) in [5.41, 5.74) is 0. The smallest absolute Gasteiger partial charge is 0.307 e. The van der Waals surface area contributed by atoms with E-state index in [1.54, 1.807) is 37.4 Å². The Morgan fingerprint density at radius 1 is 0.947 bits per heavy atom. The quantitative estimate of drug-likeness (QED) is 0.533. The molecule has 0 saturated carbocycles. The highest BCUT2D eigenvalue weighted by molar-refractivity contribution is 7.99. The number of hydrogen-bond acceptors (Lipinski definition) is 5. The largest absolute Gasteiger partial charge is 0.481 e. The first kappa shape index (κ1) is 18.6. The Hall–Kier alpha value is -0.400. The van der Waals surface area contributed by atoms with Gasteiger partial charge in [0.25, 0.3) is 0 Å². The van der Waals surface area contributed by atoms with Gasteiger partial charge < -0.3 is 14.9 Å². The number of thioether (sulfide) groups is 2. The van der Waals surface area contributed by atoms with Crippen LogP contribution >= 0.6 is 23.5 Å². The summed E-state index contributed by atoms with van der Waals surface area (Å²) >= 11 is 3.14. The van der Waals surface area contributed by atoms with E-state index in [0.29, 0.717) is 24.7 Å². The highest BCUT2D eigenvalue weighted by Gasteiger charge is 2.10. The number of aliphatic carboxylic acids is 2. The second kappa shape index (κ2) is 11.4. The molecule has 0 amide bonds. The maximum Gasteiger partial charge on any atom is 0.307 e. The normalized spacial score (nSPS) is 14.0. The molecule has 0 bridgehead atoms. The molecule has 5 nitrogen and oxygen atoms in total. The third kappa shape index (κ3) is 11.1. The molecule has 0 saturated heterocycles. The molecule has 0 aliphatic heterocycles. The first-order chi connectivity index (χ1) is 8.95. The van der Waals surface area contributed by atoms with Crippen LogP contribution in [0.3, 0.4) is 0 Å². The minimum absolute atomic E-state index is 0.321. The third-order valence-corrected chi connectivity index (χ3v) is 4.70. The Morgan fingerprint density at radius 2 is 1.32 bits per heavy atom. The Bertz CT molecular complexity index is 247. The third-order valence-electron chi connectivity index (χ3n) is 2.32. The molecule has 0 spiro atoms. The topological polar surface area (TPSA) is 83.8 Å². The van der Waals surface area contributed by atoms with Crippen LogP contribution in [0.1, 0.15) is 13.8 Å². The van der Waals surface area contributed by atoms with Crippen molar-refractivity contribution in [3.63, 3.8) is 0 Å². The molecule has 2 unspecified atom stereocenters. The fourth-order valence-corrected chi connectivity index (χ4v) is 2.80. The summed E-state index contributed by atoms with van der Waals surface area (Å²) < 4.78 is 5.38. The highest BCUT2D eigenvalue weighted by Crippen LogP contribution is 2.09. The molecular formula is C12H22O5S2. The van der Waals surface area contributed by atoms with E-state index in [-0.39, 0.29) is 11.8 Å². The molecular weight excluding hydrogens is 288 g/mol. The molecule has 0 aromatic heterocycles. The zero-order valence-corrected chi connectivity index (χ0v) is 13.0. The van der Waals surface area contributed by atoms with Gasteiger partial charge >= 0.3 is 11.9 Å². The van der Waals surface area contributed by atoms with Crippen LogP contribution in [0.15, 0.2) is 0 Å².